The Kier molecular flexibility index (Phi) is 4.03. The van der Waals surface area contributed by atoms with E-state index in [1.165, 1.54) is 12.5 Å². The Hall–Kier alpha value is -2.45. The molecule has 1 aliphatic rings. The summed E-state index contributed by atoms with van der Waals surface area (Å²) in [7, 11) is 0. The van der Waals surface area contributed by atoms with Gasteiger partial charge in [-0.15, -0.1) is 0 Å². The molecule has 0 radical (unpaired) electrons. The SMILES string of the molecule is N#Cc1cc(Cl)ccc1N1CCN(C(=O)c2ccoc2)CC1. The van der Waals surface area contributed by atoms with Crippen LogP contribution in [-0.4, -0.2) is 37.0 Å². The molecule has 1 aromatic carbocycles. The molecule has 1 aromatic heterocycles. The van der Waals surface area contributed by atoms with E-state index in [1.54, 1.807) is 23.1 Å². The molecule has 22 heavy (non-hydrogen) atoms. The summed E-state index contributed by atoms with van der Waals surface area (Å²) in [5, 5.41) is 9.78. The summed E-state index contributed by atoms with van der Waals surface area (Å²) in [5.74, 6) is -0.0231. The minimum absolute atomic E-state index is 0.0231. The minimum atomic E-state index is -0.0231. The van der Waals surface area contributed by atoms with Crippen molar-refractivity contribution in [2.75, 3.05) is 31.1 Å². The van der Waals surface area contributed by atoms with Gasteiger partial charge in [0.1, 0.15) is 12.3 Å². The first-order valence-electron chi connectivity index (χ1n) is 6.95. The molecule has 0 atom stereocenters. The third-order valence-electron chi connectivity index (χ3n) is 3.75. The van der Waals surface area contributed by atoms with Crippen LogP contribution in [0.15, 0.2) is 41.2 Å². The highest BCUT2D eigenvalue weighted by Crippen LogP contribution is 2.25. The Morgan fingerprint density at radius 1 is 1.23 bits per heavy atom. The molecule has 0 spiro atoms. The lowest BCUT2D eigenvalue weighted by Crippen LogP contribution is -2.48. The molecule has 0 saturated carbocycles. The van der Waals surface area contributed by atoms with E-state index in [9.17, 15) is 10.1 Å². The number of halogens is 1. The second-order valence-corrected chi connectivity index (χ2v) is 5.50. The topological polar surface area (TPSA) is 60.5 Å². The molecule has 0 unspecified atom stereocenters. The number of rotatable bonds is 2. The number of hydrogen-bond acceptors (Lipinski definition) is 4. The summed E-state index contributed by atoms with van der Waals surface area (Å²) in [6.45, 7) is 2.58. The maximum absolute atomic E-state index is 12.2. The van der Waals surface area contributed by atoms with Crippen molar-refractivity contribution in [3.8, 4) is 6.07 Å². The van der Waals surface area contributed by atoms with Crippen LogP contribution in [0.25, 0.3) is 0 Å². The van der Waals surface area contributed by atoms with Crippen molar-refractivity contribution in [2.45, 2.75) is 0 Å². The van der Waals surface area contributed by atoms with Crippen LogP contribution in [0.4, 0.5) is 5.69 Å². The van der Waals surface area contributed by atoms with E-state index in [-0.39, 0.29) is 5.91 Å². The van der Waals surface area contributed by atoms with Gasteiger partial charge in [0.15, 0.2) is 0 Å². The maximum Gasteiger partial charge on any atom is 0.257 e. The van der Waals surface area contributed by atoms with Crippen LogP contribution in [0, 0.1) is 11.3 Å². The average Bonchev–Trinajstić information content (AvgIpc) is 3.08. The van der Waals surface area contributed by atoms with Gasteiger partial charge in [-0.2, -0.15) is 5.26 Å². The molecule has 1 fully saturated rings. The van der Waals surface area contributed by atoms with E-state index >= 15 is 0 Å². The smallest absolute Gasteiger partial charge is 0.257 e. The number of hydrogen-bond donors (Lipinski definition) is 0. The minimum Gasteiger partial charge on any atom is -0.472 e. The van der Waals surface area contributed by atoms with Crippen molar-refractivity contribution in [1.29, 1.82) is 5.26 Å². The summed E-state index contributed by atoms with van der Waals surface area (Å²) < 4.78 is 4.95. The maximum atomic E-state index is 12.2. The Morgan fingerprint density at radius 3 is 2.64 bits per heavy atom. The predicted octanol–water partition coefficient (Wildman–Crippen LogP) is 2.77. The van der Waals surface area contributed by atoms with Gasteiger partial charge in [0.25, 0.3) is 5.91 Å². The zero-order valence-corrected chi connectivity index (χ0v) is 12.6. The normalized spacial score (nSPS) is 14.7. The second kappa shape index (κ2) is 6.12. The summed E-state index contributed by atoms with van der Waals surface area (Å²) in [5.41, 5.74) is 1.99. The lowest BCUT2D eigenvalue weighted by atomic mass is 10.1. The van der Waals surface area contributed by atoms with Gasteiger partial charge in [0.2, 0.25) is 0 Å². The van der Waals surface area contributed by atoms with Crippen LogP contribution in [-0.2, 0) is 0 Å². The van der Waals surface area contributed by atoms with E-state index < -0.39 is 0 Å². The van der Waals surface area contributed by atoms with Crippen molar-refractivity contribution in [1.82, 2.24) is 4.90 Å². The number of nitrogens with zero attached hydrogens (tertiary/aromatic N) is 3. The van der Waals surface area contributed by atoms with E-state index in [0.717, 1.165) is 5.69 Å². The first-order chi connectivity index (χ1) is 10.7. The van der Waals surface area contributed by atoms with Crippen molar-refractivity contribution < 1.29 is 9.21 Å². The average molecular weight is 316 g/mol. The van der Waals surface area contributed by atoms with E-state index in [4.69, 9.17) is 16.0 Å². The van der Waals surface area contributed by atoms with Gasteiger partial charge in [-0.1, -0.05) is 11.6 Å². The Balaban J connectivity index is 1.70. The highest BCUT2D eigenvalue weighted by Gasteiger charge is 2.24. The Bertz CT molecular complexity index is 713. The molecule has 5 nitrogen and oxygen atoms in total. The van der Waals surface area contributed by atoms with Gasteiger partial charge in [-0.25, -0.2) is 0 Å². The Morgan fingerprint density at radius 2 is 2.00 bits per heavy atom. The number of carbonyl (C=O) groups is 1. The first kappa shape index (κ1) is 14.5. The molecule has 6 heteroatoms. The molecule has 0 bridgehead atoms. The fourth-order valence-electron chi connectivity index (χ4n) is 2.59. The van der Waals surface area contributed by atoms with Crippen molar-refractivity contribution >= 4 is 23.2 Å². The fourth-order valence-corrected chi connectivity index (χ4v) is 2.76. The van der Waals surface area contributed by atoms with Gasteiger partial charge < -0.3 is 14.2 Å². The van der Waals surface area contributed by atoms with Crippen molar-refractivity contribution in [2.24, 2.45) is 0 Å². The molecular formula is C16H14ClN3O2. The highest BCUT2D eigenvalue weighted by molar-refractivity contribution is 6.30. The number of carbonyl (C=O) groups excluding carboxylic acids is 1. The highest BCUT2D eigenvalue weighted by atomic mass is 35.5. The molecule has 112 valence electrons. The van der Waals surface area contributed by atoms with Gasteiger partial charge >= 0.3 is 0 Å². The first-order valence-corrected chi connectivity index (χ1v) is 7.33. The van der Waals surface area contributed by atoms with E-state index in [1.807, 2.05) is 6.07 Å². The molecule has 0 aliphatic carbocycles. The fraction of sp³-hybridized carbons (Fsp3) is 0.250. The van der Waals surface area contributed by atoms with E-state index in [2.05, 4.69) is 11.0 Å². The van der Waals surface area contributed by atoms with Crippen LogP contribution in [0.3, 0.4) is 0 Å². The number of nitriles is 1. The molecule has 1 aliphatic heterocycles. The molecule has 2 aromatic rings. The van der Waals surface area contributed by atoms with Gasteiger partial charge in [0, 0.05) is 31.2 Å². The number of amides is 1. The van der Waals surface area contributed by atoms with Crippen LogP contribution < -0.4 is 4.90 Å². The summed E-state index contributed by atoms with van der Waals surface area (Å²) in [6.07, 6.45) is 2.96. The van der Waals surface area contributed by atoms with Gasteiger partial charge in [0.05, 0.1) is 23.1 Å². The van der Waals surface area contributed by atoms with Crippen molar-refractivity contribution in [3.05, 3.63) is 52.9 Å². The van der Waals surface area contributed by atoms with Crippen LogP contribution in [0.5, 0.6) is 0 Å². The molecule has 1 saturated heterocycles. The summed E-state index contributed by atoms with van der Waals surface area (Å²) >= 11 is 5.92. The molecular weight excluding hydrogens is 302 g/mol. The monoisotopic (exact) mass is 315 g/mol. The van der Waals surface area contributed by atoms with Crippen LogP contribution >= 0.6 is 11.6 Å². The number of piperazine rings is 1. The van der Waals surface area contributed by atoms with Crippen molar-refractivity contribution in [3.63, 3.8) is 0 Å². The van der Waals surface area contributed by atoms with Crippen LogP contribution in [0.2, 0.25) is 5.02 Å². The largest absolute Gasteiger partial charge is 0.472 e. The van der Waals surface area contributed by atoms with Gasteiger partial charge in [-0.3, -0.25) is 4.79 Å². The second-order valence-electron chi connectivity index (χ2n) is 5.06. The lowest BCUT2D eigenvalue weighted by molar-refractivity contribution is 0.0746. The van der Waals surface area contributed by atoms with Crippen LogP contribution in [0.1, 0.15) is 15.9 Å². The molecule has 3 rings (SSSR count). The molecule has 2 heterocycles. The molecule has 1 amide bonds. The molecule has 0 N–H and O–H groups in total. The third-order valence-corrected chi connectivity index (χ3v) is 3.99. The standard InChI is InChI=1S/C16H14ClN3O2/c17-14-1-2-15(13(9-14)10-18)19-4-6-20(7-5-19)16(21)12-3-8-22-11-12/h1-3,8-9,11H,4-7H2. The van der Waals surface area contributed by atoms with E-state index in [0.29, 0.717) is 42.3 Å². The number of benzene rings is 1. The zero-order chi connectivity index (χ0) is 15.5. The third kappa shape index (κ3) is 2.78. The summed E-state index contributed by atoms with van der Waals surface area (Å²) in [4.78, 5) is 16.1. The quantitative estimate of drug-likeness (QED) is 0.855. The predicted molar refractivity (Wildman–Crippen MR) is 83.0 cm³/mol. The summed E-state index contributed by atoms with van der Waals surface area (Å²) in [6, 6.07) is 9.14. The lowest BCUT2D eigenvalue weighted by Gasteiger charge is -2.36. The number of anilines is 1. The Labute approximate surface area is 133 Å². The van der Waals surface area contributed by atoms with Gasteiger partial charge in [-0.05, 0) is 24.3 Å². The zero-order valence-electron chi connectivity index (χ0n) is 11.8. The number of furan rings is 1.